The molecule has 1 aliphatic heterocycles. The van der Waals surface area contributed by atoms with Gasteiger partial charge < -0.3 is 10.0 Å². The van der Waals surface area contributed by atoms with E-state index in [9.17, 15) is 13.5 Å². The van der Waals surface area contributed by atoms with E-state index >= 15 is 0 Å². The Hall–Kier alpha value is -0.370. The Balaban J connectivity index is 2.38. The normalized spacial score (nSPS) is 20.4. The molecule has 21 heavy (non-hydrogen) atoms. The van der Waals surface area contributed by atoms with E-state index in [1.165, 1.54) is 16.4 Å². The number of hydrogen-bond acceptors (Lipinski definition) is 4. The van der Waals surface area contributed by atoms with Crippen LogP contribution in [0.2, 0.25) is 10.0 Å². The highest BCUT2D eigenvalue weighted by molar-refractivity contribution is 7.89. The Morgan fingerprint density at radius 2 is 2.05 bits per heavy atom. The van der Waals surface area contributed by atoms with Crippen molar-refractivity contribution in [1.29, 1.82) is 0 Å². The molecule has 0 amide bonds. The van der Waals surface area contributed by atoms with E-state index in [0.717, 1.165) is 6.42 Å². The largest absolute Gasteiger partial charge is 0.392 e. The van der Waals surface area contributed by atoms with Crippen LogP contribution in [0.3, 0.4) is 0 Å². The smallest absolute Gasteiger partial charge is 0.244 e. The second-order valence-electron chi connectivity index (χ2n) is 5.27. The monoisotopic (exact) mass is 352 g/mol. The lowest BCUT2D eigenvalue weighted by Gasteiger charge is -2.21. The maximum absolute atomic E-state index is 12.7. The first kappa shape index (κ1) is 17.0. The van der Waals surface area contributed by atoms with Crippen molar-refractivity contribution in [2.45, 2.75) is 24.0 Å². The number of nitrogens with zero attached hydrogens (tertiary/aromatic N) is 2. The average molecular weight is 353 g/mol. The van der Waals surface area contributed by atoms with Crippen molar-refractivity contribution in [3.63, 3.8) is 0 Å². The molecule has 2 rings (SSSR count). The van der Waals surface area contributed by atoms with Crippen LogP contribution in [0.15, 0.2) is 17.0 Å². The van der Waals surface area contributed by atoms with Gasteiger partial charge in [0, 0.05) is 29.7 Å². The summed E-state index contributed by atoms with van der Waals surface area (Å²) in [6.45, 7) is 0.489. The first-order chi connectivity index (χ1) is 9.78. The maximum atomic E-state index is 12.7. The van der Waals surface area contributed by atoms with Gasteiger partial charge in [-0.15, -0.1) is 0 Å². The molecule has 1 aliphatic rings. The number of likely N-dealkylation sites (N-methyl/N-ethyl adjacent to an activating group) is 1. The van der Waals surface area contributed by atoms with Gasteiger partial charge in [0.15, 0.2) is 0 Å². The second kappa shape index (κ2) is 6.40. The Morgan fingerprint density at radius 1 is 1.38 bits per heavy atom. The van der Waals surface area contributed by atoms with Crippen LogP contribution in [0.25, 0.3) is 0 Å². The Labute approximate surface area is 135 Å². The maximum Gasteiger partial charge on any atom is 0.244 e. The van der Waals surface area contributed by atoms with Gasteiger partial charge in [0.1, 0.15) is 4.90 Å². The van der Waals surface area contributed by atoms with Crippen molar-refractivity contribution in [2.24, 2.45) is 0 Å². The van der Waals surface area contributed by atoms with Crippen molar-refractivity contribution in [3.05, 3.63) is 27.7 Å². The van der Waals surface area contributed by atoms with Crippen LogP contribution >= 0.6 is 23.2 Å². The standard InChI is InChI=1S/C13H18Cl2N2O3S/c1-16(2)9-5-6-17(7-9)21(19,20)12-4-3-11(14)10(8-18)13(12)15/h3-4,9,18H,5-8H2,1-2H3. The third kappa shape index (κ3) is 3.21. The summed E-state index contributed by atoms with van der Waals surface area (Å²) in [5.41, 5.74) is 0.239. The van der Waals surface area contributed by atoms with Gasteiger partial charge >= 0.3 is 0 Å². The summed E-state index contributed by atoms with van der Waals surface area (Å²) in [5, 5.41) is 9.54. The predicted molar refractivity (Wildman–Crippen MR) is 83.2 cm³/mol. The van der Waals surface area contributed by atoms with Crippen LogP contribution < -0.4 is 0 Å². The number of benzene rings is 1. The summed E-state index contributed by atoms with van der Waals surface area (Å²) < 4.78 is 26.8. The van der Waals surface area contributed by atoms with Gasteiger partial charge in [-0.05, 0) is 32.6 Å². The lowest BCUT2D eigenvalue weighted by atomic mass is 10.2. The highest BCUT2D eigenvalue weighted by atomic mass is 35.5. The minimum absolute atomic E-state index is 0.00157. The van der Waals surface area contributed by atoms with Gasteiger partial charge in [-0.2, -0.15) is 4.31 Å². The van der Waals surface area contributed by atoms with E-state index in [2.05, 4.69) is 0 Å². The van der Waals surface area contributed by atoms with Gasteiger partial charge in [-0.3, -0.25) is 0 Å². The molecule has 0 aliphatic carbocycles. The van der Waals surface area contributed by atoms with Crippen molar-refractivity contribution >= 4 is 33.2 Å². The quantitative estimate of drug-likeness (QED) is 0.897. The molecule has 8 heteroatoms. The second-order valence-corrected chi connectivity index (χ2v) is 7.96. The topological polar surface area (TPSA) is 60.9 Å². The molecular formula is C13H18Cl2N2O3S. The SMILES string of the molecule is CN(C)C1CCN(S(=O)(=O)c2ccc(Cl)c(CO)c2Cl)C1. The van der Waals surface area contributed by atoms with Crippen LogP contribution in [0.4, 0.5) is 0 Å². The molecular weight excluding hydrogens is 335 g/mol. The van der Waals surface area contributed by atoms with Crippen molar-refractivity contribution < 1.29 is 13.5 Å². The number of aliphatic hydroxyl groups is 1. The fourth-order valence-electron chi connectivity index (χ4n) is 2.41. The molecule has 1 saturated heterocycles. The van der Waals surface area contributed by atoms with Gasteiger partial charge in [-0.1, -0.05) is 23.2 Å². The first-order valence-corrected chi connectivity index (χ1v) is 8.73. The Morgan fingerprint density at radius 3 is 2.57 bits per heavy atom. The summed E-state index contributed by atoms with van der Waals surface area (Å²) in [5.74, 6) is 0. The number of hydrogen-bond donors (Lipinski definition) is 1. The van der Waals surface area contributed by atoms with Crippen LogP contribution in [0.1, 0.15) is 12.0 Å². The zero-order chi connectivity index (χ0) is 15.8. The average Bonchev–Trinajstić information content (AvgIpc) is 2.89. The number of halogens is 2. The molecule has 5 nitrogen and oxygen atoms in total. The Kier molecular flexibility index (Phi) is 5.18. The highest BCUT2D eigenvalue weighted by Gasteiger charge is 2.35. The van der Waals surface area contributed by atoms with E-state index in [1.54, 1.807) is 0 Å². The summed E-state index contributed by atoms with van der Waals surface area (Å²) in [7, 11) is 0.181. The van der Waals surface area contributed by atoms with Crippen LogP contribution in [-0.4, -0.2) is 56.0 Å². The molecule has 0 saturated carbocycles. The Bertz CT molecular complexity index is 635. The van der Waals surface area contributed by atoms with E-state index < -0.39 is 16.6 Å². The third-order valence-corrected chi connectivity index (χ3v) is 6.59. The highest BCUT2D eigenvalue weighted by Crippen LogP contribution is 2.34. The number of rotatable bonds is 4. The first-order valence-electron chi connectivity index (χ1n) is 6.53. The molecule has 118 valence electrons. The summed E-state index contributed by atoms with van der Waals surface area (Å²) in [6, 6.07) is 3.04. The number of aliphatic hydroxyl groups excluding tert-OH is 1. The molecule has 0 radical (unpaired) electrons. The van der Waals surface area contributed by atoms with Crippen molar-refractivity contribution in [2.75, 3.05) is 27.2 Å². The minimum atomic E-state index is -3.68. The van der Waals surface area contributed by atoms with E-state index in [-0.39, 0.29) is 26.5 Å². The predicted octanol–water partition coefficient (Wildman–Crippen LogP) is 1.81. The fourth-order valence-corrected chi connectivity index (χ4v) is 4.77. The van der Waals surface area contributed by atoms with Crippen LogP contribution in [0.5, 0.6) is 0 Å². The van der Waals surface area contributed by atoms with Gasteiger partial charge in [0.2, 0.25) is 10.0 Å². The molecule has 0 spiro atoms. The number of sulfonamides is 1. The molecule has 1 atom stereocenters. The van der Waals surface area contributed by atoms with Gasteiger partial charge in [-0.25, -0.2) is 8.42 Å². The van der Waals surface area contributed by atoms with Gasteiger partial charge in [0.05, 0.1) is 11.6 Å². The summed E-state index contributed by atoms with van der Waals surface area (Å²) in [4.78, 5) is 2.01. The van der Waals surface area contributed by atoms with E-state index in [0.29, 0.717) is 13.1 Å². The molecule has 1 fully saturated rings. The lowest BCUT2D eigenvalue weighted by Crippen LogP contribution is -2.34. The lowest BCUT2D eigenvalue weighted by molar-refractivity contribution is 0.281. The molecule has 1 heterocycles. The van der Waals surface area contributed by atoms with E-state index in [4.69, 9.17) is 23.2 Å². The molecule has 0 bridgehead atoms. The van der Waals surface area contributed by atoms with Crippen molar-refractivity contribution in [1.82, 2.24) is 9.21 Å². The molecule has 1 aromatic rings. The molecule has 1 unspecified atom stereocenters. The van der Waals surface area contributed by atoms with E-state index in [1.807, 2.05) is 19.0 Å². The van der Waals surface area contributed by atoms with Crippen LogP contribution in [-0.2, 0) is 16.6 Å². The molecule has 0 aromatic heterocycles. The molecule has 1 aromatic carbocycles. The zero-order valence-electron chi connectivity index (χ0n) is 11.9. The fraction of sp³-hybridized carbons (Fsp3) is 0.538. The van der Waals surface area contributed by atoms with Crippen molar-refractivity contribution in [3.8, 4) is 0 Å². The minimum Gasteiger partial charge on any atom is -0.392 e. The van der Waals surface area contributed by atoms with Crippen LogP contribution in [0, 0.1) is 0 Å². The third-order valence-electron chi connectivity index (χ3n) is 3.78. The zero-order valence-corrected chi connectivity index (χ0v) is 14.2. The summed E-state index contributed by atoms with van der Waals surface area (Å²) in [6.07, 6.45) is 0.782. The van der Waals surface area contributed by atoms with Gasteiger partial charge in [0.25, 0.3) is 0 Å². The summed E-state index contributed by atoms with van der Waals surface area (Å²) >= 11 is 12.0. The molecule has 1 N–H and O–H groups in total.